The zero-order chi connectivity index (χ0) is 9.26. The highest BCUT2D eigenvalue weighted by Gasteiger charge is 2.15. The molecule has 1 aromatic carbocycles. The normalized spacial score (nSPS) is 13.2. The van der Waals surface area contributed by atoms with E-state index in [4.69, 9.17) is 9.84 Å². The molecule has 0 amide bonds. The van der Waals surface area contributed by atoms with Crippen LogP contribution in [0.15, 0.2) is 30.5 Å². The van der Waals surface area contributed by atoms with Crippen molar-refractivity contribution in [2.45, 2.75) is 6.42 Å². The van der Waals surface area contributed by atoms with Crippen molar-refractivity contribution < 1.29 is 14.6 Å². The van der Waals surface area contributed by atoms with Gasteiger partial charge in [-0.1, -0.05) is 12.1 Å². The van der Waals surface area contributed by atoms with Crippen LogP contribution in [0.25, 0.3) is 0 Å². The molecule has 3 nitrogen and oxygen atoms in total. The number of aromatic carboxylic acids is 1. The number of carboxylic acids is 1. The van der Waals surface area contributed by atoms with Crippen LogP contribution < -0.4 is 4.74 Å². The van der Waals surface area contributed by atoms with Crippen molar-refractivity contribution in [3.8, 4) is 5.75 Å². The number of carbonyl (C=O) groups is 1. The van der Waals surface area contributed by atoms with E-state index in [0.717, 1.165) is 12.0 Å². The maximum Gasteiger partial charge on any atom is 0.339 e. The van der Waals surface area contributed by atoms with Crippen LogP contribution in [0.2, 0.25) is 0 Å². The number of hydrogen-bond donors (Lipinski definition) is 1. The molecule has 0 saturated carbocycles. The zero-order valence-corrected chi connectivity index (χ0v) is 6.86. The Hall–Kier alpha value is -1.77. The fourth-order valence-electron chi connectivity index (χ4n) is 1.34. The van der Waals surface area contributed by atoms with E-state index in [1.54, 1.807) is 12.1 Å². The average molecular weight is 176 g/mol. The van der Waals surface area contributed by atoms with Crippen molar-refractivity contribution in [1.29, 1.82) is 0 Å². The highest BCUT2D eigenvalue weighted by atomic mass is 16.5. The molecule has 1 aliphatic rings. The zero-order valence-electron chi connectivity index (χ0n) is 6.86. The molecule has 0 spiro atoms. The number of allylic oxidation sites excluding steroid dienone is 1. The van der Waals surface area contributed by atoms with Gasteiger partial charge in [-0.2, -0.15) is 0 Å². The summed E-state index contributed by atoms with van der Waals surface area (Å²) in [5.74, 6) is -0.482. The number of benzene rings is 1. The van der Waals surface area contributed by atoms with Gasteiger partial charge in [0.1, 0.15) is 11.3 Å². The molecule has 0 bridgehead atoms. The summed E-state index contributed by atoms with van der Waals surface area (Å²) in [4.78, 5) is 10.8. The number of hydrogen-bond acceptors (Lipinski definition) is 2. The molecule has 66 valence electrons. The first-order valence-corrected chi connectivity index (χ1v) is 3.96. The van der Waals surface area contributed by atoms with Crippen molar-refractivity contribution in [2.24, 2.45) is 0 Å². The van der Waals surface area contributed by atoms with Gasteiger partial charge in [0.2, 0.25) is 0 Å². The molecule has 0 aromatic heterocycles. The quantitative estimate of drug-likeness (QED) is 0.710. The second kappa shape index (κ2) is 2.94. The van der Waals surface area contributed by atoms with Gasteiger partial charge in [0.15, 0.2) is 0 Å². The number of para-hydroxylation sites is 1. The Bertz CT molecular complexity index is 380. The molecule has 0 atom stereocenters. The minimum Gasteiger partial charge on any atom is -0.478 e. The lowest BCUT2D eigenvalue weighted by Crippen LogP contribution is -2.04. The minimum absolute atomic E-state index is 0.224. The second-order valence-electron chi connectivity index (χ2n) is 2.79. The fraction of sp³-hybridized carbons (Fsp3) is 0.100. The highest BCUT2D eigenvalue weighted by Crippen LogP contribution is 2.27. The molecule has 0 unspecified atom stereocenters. The summed E-state index contributed by atoms with van der Waals surface area (Å²) in [5, 5.41) is 8.84. The molecular weight excluding hydrogens is 168 g/mol. The van der Waals surface area contributed by atoms with Crippen LogP contribution in [-0.4, -0.2) is 11.1 Å². The molecule has 0 radical (unpaired) electrons. The van der Waals surface area contributed by atoms with Crippen LogP contribution in [-0.2, 0) is 6.42 Å². The first-order chi connectivity index (χ1) is 6.29. The lowest BCUT2D eigenvalue weighted by Gasteiger charge is -2.13. The smallest absolute Gasteiger partial charge is 0.339 e. The topological polar surface area (TPSA) is 46.5 Å². The molecule has 0 aliphatic carbocycles. The van der Waals surface area contributed by atoms with Crippen molar-refractivity contribution in [1.82, 2.24) is 0 Å². The van der Waals surface area contributed by atoms with Crippen molar-refractivity contribution in [3.05, 3.63) is 41.7 Å². The Morgan fingerprint density at radius 3 is 3.08 bits per heavy atom. The lowest BCUT2D eigenvalue weighted by atomic mass is 10.0. The molecule has 0 fully saturated rings. The van der Waals surface area contributed by atoms with Gasteiger partial charge in [0.05, 0.1) is 6.26 Å². The van der Waals surface area contributed by atoms with Gasteiger partial charge < -0.3 is 9.84 Å². The molecule has 1 heterocycles. The first kappa shape index (κ1) is 7.86. The van der Waals surface area contributed by atoms with Gasteiger partial charge in [-0.3, -0.25) is 0 Å². The van der Waals surface area contributed by atoms with Gasteiger partial charge in [-0.05, 0) is 24.1 Å². The van der Waals surface area contributed by atoms with Gasteiger partial charge in [0, 0.05) is 0 Å². The fourth-order valence-corrected chi connectivity index (χ4v) is 1.34. The summed E-state index contributed by atoms with van der Waals surface area (Å²) in [6.45, 7) is 0. The summed E-state index contributed by atoms with van der Waals surface area (Å²) in [5.41, 5.74) is 1.14. The SMILES string of the molecule is O=C(O)c1cccc2c1OC=CC2. The maximum absolute atomic E-state index is 10.8. The number of fused-ring (bicyclic) bond motifs is 1. The van der Waals surface area contributed by atoms with Crippen LogP contribution in [0, 0.1) is 0 Å². The van der Waals surface area contributed by atoms with E-state index in [1.165, 1.54) is 6.26 Å². The Balaban J connectivity index is 2.55. The largest absolute Gasteiger partial charge is 0.478 e. The molecule has 3 heteroatoms. The molecule has 2 rings (SSSR count). The van der Waals surface area contributed by atoms with Crippen LogP contribution >= 0.6 is 0 Å². The average Bonchev–Trinajstić information content (AvgIpc) is 2.17. The predicted octanol–water partition coefficient (Wildman–Crippen LogP) is 1.83. The van der Waals surface area contributed by atoms with Crippen molar-refractivity contribution in [3.63, 3.8) is 0 Å². The van der Waals surface area contributed by atoms with Gasteiger partial charge in [-0.15, -0.1) is 0 Å². The predicted molar refractivity (Wildman–Crippen MR) is 46.9 cm³/mol. The third-order valence-corrected chi connectivity index (χ3v) is 1.95. The van der Waals surface area contributed by atoms with E-state index in [2.05, 4.69) is 0 Å². The molecular formula is C10H8O3. The maximum atomic E-state index is 10.8. The summed E-state index contributed by atoms with van der Waals surface area (Å²) in [6, 6.07) is 5.14. The van der Waals surface area contributed by atoms with Gasteiger partial charge in [0.25, 0.3) is 0 Å². The summed E-state index contributed by atoms with van der Waals surface area (Å²) in [6.07, 6.45) is 4.11. The number of carboxylic acid groups (broad SMARTS) is 1. The lowest BCUT2D eigenvalue weighted by molar-refractivity contribution is 0.0694. The Labute approximate surface area is 75.3 Å². The van der Waals surface area contributed by atoms with E-state index < -0.39 is 5.97 Å². The van der Waals surface area contributed by atoms with Crippen LogP contribution in [0.5, 0.6) is 5.75 Å². The number of ether oxygens (including phenoxy) is 1. The Morgan fingerprint density at radius 2 is 2.31 bits per heavy atom. The summed E-state index contributed by atoms with van der Waals surface area (Å²) < 4.78 is 5.15. The summed E-state index contributed by atoms with van der Waals surface area (Å²) in [7, 11) is 0. The molecule has 1 N–H and O–H groups in total. The van der Waals surface area contributed by atoms with Crippen molar-refractivity contribution >= 4 is 5.97 Å². The van der Waals surface area contributed by atoms with Crippen LogP contribution in [0.4, 0.5) is 0 Å². The highest BCUT2D eigenvalue weighted by molar-refractivity contribution is 5.91. The second-order valence-corrected chi connectivity index (χ2v) is 2.79. The first-order valence-electron chi connectivity index (χ1n) is 3.96. The van der Waals surface area contributed by atoms with Crippen LogP contribution in [0.1, 0.15) is 15.9 Å². The van der Waals surface area contributed by atoms with Gasteiger partial charge in [-0.25, -0.2) is 4.79 Å². The number of rotatable bonds is 1. The van der Waals surface area contributed by atoms with Crippen molar-refractivity contribution in [2.75, 3.05) is 0 Å². The van der Waals surface area contributed by atoms with Gasteiger partial charge >= 0.3 is 5.97 Å². The molecule has 0 saturated heterocycles. The minimum atomic E-state index is -0.952. The van der Waals surface area contributed by atoms with E-state index in [0.29, 0.717) is 5.75 Å². The van der Waals surface area contributed by atoms with E-state index in [-0.39, 0.29) is 5.56 Å². The summed E-state index contributed by atoms with van der Waals surface area (Å²) >= 11 is 0. The molecule has 1 aromatic rings. The molecule has 1 aliphatic heterocycles. The Morgan fingerprint density at radius 1 is 1.46 bits per heavy atom. The van der Waals surface area contributed by atoms with Crippen LogP contribution in [0.3, 0.4) is 0 Å². The van der Waals surface area contributed by atoms with E-state index in [1.807, 2.05) is 12.1 Å². The monoisotopic (exact) mass is 176 g/mol. The third kappa shape index (κ3) is 1.28. The van der Waals surface area contributed by atoms with E-state index in [9.17, 15) is 4.79 Å². The standard InChI is InChI=1S/C10H8O3/c11-10(12)8-5-1-3-7-4-2-6-13-9(7)8/h1-3,5-6H,4H2,(H,11,12). The van der Waals surface area contributed by atoms with E-state index >= 15 is 0 Å². The Kier molecular flexibility index (Phi) is 1.77. The molecule has 13 heavy (non-hydrogen) atoms. The third-order valence-electron chi connectivity index (χ3n) is 1.95.